The maximum atomic E-state index is 11.0. The third-order valence-electron chi connectivity index (χ3n) is 3.99. The fraction of sp³-hybridized carbons (Fsp3) is 0.615. The molecule has 0 saturated heterocycles. The van der Waals surface area contributed by atoms with Crippen LogP contribution >= 0.6 is 0 Å². The zero-order valence-corrected chi connectivity index (χ0v) is 10.6. The Hall–Kier alpha value is -1.65. The zero-order valence-electron chi connectivity index (χ0n) is 10.6. The number of hydrogen-bond donors (Lipinski definition) is 2. The van der Waals surface area contributed by atoms with Crippen molar-refractivity contribution in [1.29, 1.82) is 0 Å². The molecule has 5 nitrogen and oxygen atoms in total. The van der Waals surface area contributed by atoms with Crippen molar-refractivity contribution in [3.63, 3.8) is 0 Å². The summed E-state index contributed by atoms with van der Waals surface area (Å²) in [6.45, 7) is 2.99. The van der Waals surface area contributed by atoms with Gasteiger partial charge >= 0.3 is 5.97 Å². The Labute approximate surface area is 107 Å². The first-order chi connectivity index (χ1) is 8.67. The molecule has 1 aliphatic carbocycles. The quantitative estimate of drug-likeness (QED) is 0.838. The van der Waals surface area contributed by atoms with Gasteiger partial charge in [-0.15, -0.1) is 0 Å². The Balaban J connectivity index is 2.08. The van der Waals surface area contributed by atoms with Gasteiger partial charge in [-0.1, -0.05) is 19.8 Å². The number of carboxylic acid groups (broad SMARTS) is 1. The van der Waals surface area contributed by atoms with E-state index in [2.05, 4.69) is 22.2 Å². The van der Waals surface area contributed by atoms with Gasteiger partial charge in [0.1, 0.15) is 17.7 Å². The molecule has 1 saturated carbocycles. The van der Waals surface area contributed by atoms with E-state index in [1.165, 1.54) is 38.2 Å². The van der Waals surface area contributed by atoms with Gasteiger partial charge in [0, 0.05) is 12.7 Å². The van der Waals surface area contributed by atoms with Gasteiger partial charge in [-0.3, -0.25) is 0 Å². The van der Waals surface area contributed by atoms with E-state index in [-0.39, 0.29) is 5.56 Å². The lowest BCUT2D eigenvalue weighted by atomic mass is 9.83. The summed E-state index contributed by atoms with van der Waals surface area (Å²) in [5.74, 6) is -0.563. The summed E-state index contributed by atoms with van der Waals surface area (Å²) >= 11 is 0. The molecular formula is C13H19N3O2. The summed E-state index contributed by atoms with van der Waals surface area (Å²) in [6.07, 6.45) is 8.80. The van der Waals surface area contributed by atoms with E-state index in [9.17, 15) is 4.79 Å². The van der Waals surface area contributed by atoms with Gasteiger partial charge in [-0.2, -0.15) is 0 Å². The van der Waals surface area contributed by atoms with Crippen LogP contribution in [0.25, 0.3) is 0 Å². The van der Waals surface area contributed by atoms with Gasteiger partial charge in [0.2, 0.25) is 0 Å². The summed E-state index contributed by atoms with van der Waals surface area (Å²) in [5, 5.41) is 12.3. The van der Waals surface area contributed by atoms with Crippen LogP contribution in [0.4, 0.5) is 5.82 Å². The molecule has 0 aliphatic heterocycles. The number of carbonyl (C=O) groups is 1. The fourth-order valence-corrected chi connectivity index (χ4v) is 2.68. The van der Waals surface area contributed by atoms with Crippen LogP contribution in [-0.4, -0.2) is 27.6 Å². The van der Waals surface area contributed by atoms with E-state index in [1.54, 1.807) is 0 Å². The molecular weight excluding hydrogens is 230 g/mol. The second-order valence-electron chi connectivity index (χ2n) is 5.00. The summed E-state index contributed by atoms with van der Waals surface area (Å²) < 4.78 is 0. The van der Waals surface area contributed by atoms with Crippen LogP contribution in [0.15, 0.2) is 12.5 Å². The second-order valence-corrected chi connectivity index (χ2v) is 5.00. The monoisotopic (exact) mass is 249 g/mol. The summed E-state index contributed by atoms with van der Waals surface area (Å²) in [4.78, 5) is 18.8. The highest BCUT2D eigenvalue weighted by molar-refractivity contribution is 5.92. The van der Waals surface area contributed by atoms with Crippen molar-refractivity contribution in [2.45, 2.75) is 39.0 Å². The lowest BCUT2D eigenvalue weighted by molar-refractivity contribution is 0.0697. The average molecular weight is 249 g/mol. The van der Waals surface area contributed by atoms with Gasteiger partial charge in [-0.25, -0.2) is 14.8 Å². The number of nitrogens with one attached hydrogen (secondary N) is 1. The first kappa shape index (κ1) is 12.8. The van der Waals surface area contributed by atoms with Gasteiger partial charge < -0.3 is 10.4 Å². The number of nitrogens with zero attached hydrogens (tertiary/aromatic N) is 2. The molecule has 1 heterocycles. The van der Waals surface area contributed by atoms with Crippen molar-refractivity contribution in [2.75, 3.05) is 11.9 Å². The standard InChI is InChI=1S/C13H19N3O2/c1-2-13(5-3-4-6-13)8-15-11-10(12(17)18)7-14-9-16-11/h7,9H,2-6,8H2,1H3,(H,17,18)(H,14,15,16). The molecule has 0 unspecified atom stereocenters. The molecule has 1 fully saturated rings. The number of aromatic carboxylic acids is 1. The number of aromatic nitrogens is 2. The molecule has 0 amide bonds. The highest BCUT2D eigenvalue weighted by Crippen LogP contribution is 2.40. The van der Waals surface area contributed by atoms with Crippen LogP contribution in [0.5, 0.6) is 0 Å². The topological polar surface area (TPSA) is 75.1 Å². The highest BCUT2D eigenvalue weighted by Gasteiger charge is 2.32. The third kappa shape index (κ3) is 2.60. The van der Waals surface area contributed by atoms with Crippen molar-refractivity contribution < 1.29 is 9.90 Å². The largest absolute Gasteiger partial charge is 0.477 e. The lowest BCUT2D eigenvalue weighted by Crippen LogP contribution is -2.27. The van der Waals surface area contributed by atoms with E-state index >= 15 is 0 Å². The molecule has 0 bridgehead atoms. The Morgan fingerprint density at radius 3 is 2.83 bits per heavy atom. The number of hydrogen-bond acceptors (Lipinski definition) is 4. The molecule has 98 valence electrons. The molecule has 2 rings (SSSR count). The van der Waals surface area contributed by atoms with Crippen LogP contribution in [0, 0.1) is 5.41 Å². The van der Waals surface area contributed by atoms with Crippen LogP contribution in [-0.2, 0) is 0 Å². The normalized spacial score (nSPS) is 17.6. The average Bonchev–Trinajstić information content (AvgIpc) is 2.86. The number of carboxylic acids is 1. The molecule has 1 aromatic rings. The van der Waals surface area contributed by atoms with Gasteiger partial charge in [0.15, 0.2) is 0 Å². The summed E-state index contributed by atoms with van der Waals surface area (Å²) in [7, 11) is 0. The fourth-order valence-electron chi connectivity index (χ4n) is 2.68. The molecule has 0 atom stereocenters. The minimum Gasteiger partial charge on any atom is -0.477 e. The van der Waals surface area contributed by atoms with Gasteiger partial charge in [-0.05, 0) is 24.7 Å². The summed E-state index contributed by atoms with van der Waals surface area (Å²) in [6, 6.07) is 0. The minimum absolute atomic E-state index is 0.141. The van der Waals surface area contributed by atoms with Crippen molar-refractivity contribution >= 4 is 11.8 Å². The second kappa shape index (κ2) is 5.33. The predicted octanol–water partition coefficient (Wildman–Crippen LogP) is 2.56. The van der Waals surface area contributed by atoms with Crippen LogP contribution in [0.1, 0.15) is 49.4 Å². The minimum atomic E-state index is -0.991. The van der Waals surface area contributed by atoms with Crippen LogP contribution in [0.2, 0.25) is 0 Å². The molecule has 18 heavy (non-hydrogen) atoms. The van der Waals surface area contributed by atoms with Crippen LogP contribution < -0.4 is 5.32 Å². The van der Waals surface area contributed by atoms with Crippen molar-refractivity contribution in [3.05, 3.63) is 18.1 Å². The van der Waals surface area contributed by atoms with E-state index in [0.717, 1.165) is 13.0 Å². The predicted molar refractivity (Wildman–Crippen MR) is 68.7 cm³/mol. The zero-order chi connectivity index (χ0) is 13.0. The van der Waals surface area contributed by atoms with E-state index in [1.807, 2.05) is 0 Å². The summed E-state index contributed by atoms with van der Waals surface area (Å²) in [5.41, 5.74) is 0.447. The Kier molecular flexibility index (Phi) is 3.79. The SMILES string of the molecule is CCC1(CNc2ncncc2C(=O)O)CCCC1. The first-order valence-electron chi connectivity index (χ1n) is 6.44. The molecule has 0 spiro atoms. The van der Waals surface area contributed by atoms with Crippen LogP contribution in [0.3, 0.4) is 0 Å². The first-order valence-corrected chi connectivity index (χ1v) is 6.44. The Bertz CT molecular complexity index is 428. The molecule has 0 aromatic carbocycles. The molecule has 1 aliphatic rings. The van der Waals surface area contributed by atoms with E-state index < -0.39 is 5.97 Å². The van der Waals surface area contributed by atoms with Crippen molar-refractivity contribution in [2.24, 2.45) is 5.41 Å². The Morgan fingerprint density at radius 1 is 1.50 bits per heavy atom. The molecule has 1 aromatic heterocycles. The van der Waals surface area contributed by atoms with E-state index in [0.29, 0.717) is 11.2 Å². The highest BCUT2D eigenvalue weighted by atomic mass is 16.4. The van der Waals surface area contributed by atoms with Gasteiger partial charge in [0.05, 0.1) is 0 Å². The third-order valence-corrected chi connectivity index (χ3v) is 3.99. The van der Waals surface area contributed by atoms with Crippen molar-refractivity contribution in [1.82, 2.24) is 9.97 Å². The molecule has 0 radical (unpaired) electrons. The smallest absolute Gasteiger partial charge is 0.341 e. The Morgan fingerprint density at radius 2 is 2.22 bits per heavy atom. The maximum absolute atomic E-state index is 11.0. The van der Waals surface area contributed by atoms with E-state index in [4.69, 9.17) is 5.11 Å². The number of rotatable bonds is 5. The van der Waals surface area contributed by atoms with Gasteiger partial charge in [0.25, 0.3) is 0 Å². The maximum Gasteiger partial charge on any atom is 0.341 e. The van der Waals surface area contributed by atoms with Crippen molar-refractivity contribution in [3.8, 4) is 0 Å². The lowest BCUT2D eigenvalue weighted by Gasteiger charge is -2.28. The molecule has 2 N–H and O–H groups in total. The number of anilines is 1. The molecule has 5 heteroatoms.